The molecule has 0 aromatic carbocycles. The molecule has 17 heavy (non-hydrogen) atoms. The molecule has 0 saturated heterocycles. The van der Waals surface area contributed by atoms with E-state index in [-0.39, 0.29) is 11.8 Å². The van der Waals surface area contributed by atoms with Crippen LogP contribution in [0.2, 0.25) is 0 Å². The number of rotatable bonds is 3. The Hall–Kier alpha value is -0.240. The summed E-state index contributed by atoms with van der Waals surface area (Å²) in [6, 6.07) is 0.456. The second-order valence-corrected chi connectivity index (χ2v) is 6.63. The fraction of sp³-hybridized carbons (Fsp3) is 0.929. The topological polar surface area (TPSA) is 29.1 Å². The third-order valence-electron chi connectivity index (χ3n) is 5.44. The Morgan fingerprint density at radius 1 is 1.29 bits per heavy atom. The predicted octanol–water partition coefficient (Wildman–Crippen LogP) is 2.80. The zero-order valence-electron chi connectivity index (χ0n) is 10.5. The van der Waals surface area contributed by atoms with E-state index in [9.17, 15) is 4.79 Å². The van der Waals surface area contributed by atoms with E-state index in [0.717, 1.165) is 23.7 Å². The summed E-state index contributed by atoms with van der Waals surface area (Å²) in [4.78, 5) is 11.9. The molecule has 1 N–H and O–H groups in total. The molecule has 3 heteroatoms. The molecule has 0 aliphatic heterocycles. The van der Waals surface area contributed by atoms with Gasteiger partial charge < -0.3 is 5.32 Å². The van der Waals surface area contributed by atoms with Gasteiger partial charge in [0.15, 0.2) is 0 Å². The minimum Gasteiger partial charge on any atom is -0.353 e. The molecule has 1 amide bonds. The Labute approximate surface area is 108 Å². The standard InChI is InChI=1S/C14H22ClNO/c1-8(7-15)14(17)16-13-6-9-5-12(13)11-4-2-3-10(9)11/h8-13H,2-7H2,1H3,(H,16,17). The van der Waals surface area contributed by atoms with Gasteiger partial charge in [0.25, 0.3) is 0 Å². The van der Waals surface area contributed by atoms with Crippen molar-refractivity contribution in [2.24, 2.45) is 29.6 Å². The minimum absolute atomic E-state index is 0.0461. The zero-order chi connectivity index (χ0) is 12.0. The first kappa shape index (κ1) is 11.8. The number of amides is 1. The Morgan fingerprint density at radius 2 is 2.06 bits per heavy atom. The van der Waals surface area contributed by atoms with E-state index in [2.05, 4.69) is 5.32 Å². The van der Waals surface area contributed by atoms with E-state index in [0.29, 0.717) is 11.9 Å². The van der Waals surface area contributed by atoms with E-state index in [4.69, 9.17) is 11.6 Å². The van der Waals surface area contributed by atoms with Crippen LogP contribution in [-0.4, -0.2) is 17.8 Å². The van der Waals surface area contributed by atoms with Gasteiger partial charge in [-0.15, -0.1) is 11.6 Å². The van der Waals surface area contributed by atoms with E-state index in [1.807, 2.05) is 6.92 Å². The summed E-state index contributed by atoms with van der Waals surface area (Å²) >= 11 is 5.74. The molecule has 0 aromatic rings. The molecule has 6 unspecified atom stereocenters. The third kappa shape index (κ3) is 1.89. The normalized spacial score (nSPS) is 44.7. The van der Waals surface area contributed by atoms with E-state index < -0.39 is 0 Å². The Bertz CT molecular complexity index is 319. The number of carbonyl (C=O) groups is 1. The summed E-state index contributed by atoms with van der Waals surface area (Å²) in [5.74, 6) is 4.15. The lowest BCUT2D eigenvalue weighted by Gasteiger charge is -2.32. The van der Waals surface area contributed by atoms with Gasteiger partial charge >= 0.3 is 0 Å². The van der Waals surface area contributed by atoms with Gasteiger partial charge in [-0.3, -0.25) is 4.79 Å². The monoisotopic (exact) mass is 255 g/mol. The van der Waals surface area contributed by atoms with Crippen molar-refractivity contribution >= 4 is 17.5 Å². The van der Waals surface area contributed by atoms with Crippen LogP contribution in [0.4, 0.5) is 0 Å². The van der Waals surface area contributed by atoms with Gasteiger partial charge in [0, 0.05) is 17.8 Å². The average Bonchev–Trinajstić information content (AvgIpc) is 2.98. The van der Waals surface area contributed by atoms with Crippen LogP contribution in [0.25, 0.3) is 0 Å². The van der Waals surface area contributed by atoms with Gasteiger partial charge in [-0.2, -0.15) is 0 Å². The van der Waals surface area contributed by atoms with Crippen molar-refractivity contribution in [3.05, 3.63) is 0 Å². The number of halogens is 1. The predicted molar refractivity (Wildman–Crippen MR) is 68.9 cm³/mol. The van der Waals surface area contributed by atoms with Gasteiger partial charge in [0.05, 0.1) is 0 Å². The lowest BCUT2D eigenvalue weighted by Crippen LogP contribution is -2.44. The van der Waals surface area contributed by atoms with Gasteiger partial charge in [-0.1, -0.05) is 13.3 Å². The van der Waals surface area contributed by atoms with Crippen LogP contribution in [0.15, 0.2) is 0 Å². The smallest absolute Gasteiger partial charge is 0.224 e. The van der Waals surface area contributed by atoms with Crippen molar-refractivity contribution in [3.8, 4) is 0 Å². The van der Waals surface area contributed by atoms with Crippen LogP contribution in [0.3, 0.4) is 0 Å². The molecule has 3 aliphatic rings. The first-order valence-electron chi connectivity index (χ1n) is 7.07. The fourth-order valence-corrected chi connectivity index (χ4v) is 4.77. The van der Waals surface area contributed by atoms with Crippen LogP contribution in [-0.2, 0) is 4.79 Å². The summed E-state index contributed by atoms with van der Waals surface area (Å²) < 4.78 is 0. The van der Waals surface area contributed by atoms with Crippen LogP contribution >= 0.6 is 11.6 Å². The maximum Gasteiger partial charge on any atom is 0.224 e. The highest BCUT2D eigenvalue weighted by molar-refractivity contribution is 6.19. The van der Waals surface area contributed by atoms with Crippen molar-refractivity contribution in [1.29, 1.82) is 0 Å². The van der Waals surface area contributed by atoms with Crippen LogP contribution in [0, 0.1) is 29.6 Å². The molecule has 3 rings (SSSR count). The zero-order valence-corrected chi connectivity index (χ0v) is 11.2. The van der Waals surface area contributed by atoms with Crippen molar-refractivity contribution < 1.29 is 4.79 Å². The van der Waals surface area contributed by atoms with Gasteiger partial charge in [-0.05, 0) is 49.4 Å². The van der Waals surface area contributed by atoms with Crippen molar-refractivity contribution in [3.63, 3.8) is 0 Å². The number of alkyl halides is 1. The highest BCUT2D eigenvalue weighted by Crippen LogP contribution is 2.58. The fourth-order valence-electron chi connectivity index (χ4n) is 4.63. The molecule has 0 heterocycles. The largest absolute Gasteiger partial charge is 0.353 e. The molecule has 0 spiro atoms. The maximum atomic E-state index is 11.9. The first-order chi connectivity index (χ1) is 8.20. The lowest BCUT2D eigenvalue weighted by atomic mass is 9.79. The first-order valence-corrected chi connectivity index (χ1v) is 7.60. The molecule has 3 saturated carbocycles. The Kier molecular flexibility index (Phi) is 3.10. The highest BCUT2D eigenvalue weighted by Gasteiger charge is 2.54. The van der Waals surface area contributed by atoms with Crippen LogP contribution in [0.1, 0.15) is 39.0 Å². The van der Waals surface area contributed by atoms with Crippen LogP contribution < -0.4 is 5.32 Å². The maximum absolute atomic E-state index is 11.9. The lowest BCUT2D eigenvalue weighted by molar-refractivity contribution is -0.125. The molecule has 3 fully saturated rings. The van der Waals surface area contributed by atoms with Crippen molar-refractivity contribution in [2.75, 3.05) is 5.88 Å². The average molecular weight is 256 g/mol. The number of hydrogen-bond donors (Lipinski definition) is 1. The van der Waals surface area contributed by atoms with Crippen molar-refractivity contribution in [2.45, 2.75) is 45.1 Å². The number of nitrogens with one attached hydrogen (secondary N) is 1. The SMILES string of the molecule is CC(CCl)C(=O)NC1CC2CC1C1CCCC21. The molecule has 2 bridgehead atoms. The van der Waals surface area contributed by atoms with Crippen molar-refractivity contribution in [1.82, 2.24) is 5.32 Å². The molecule has 2 nitrogen and oxygen atoms in total. The summed E-state index contributed by atoms with van der Waals surface area (Å²) in [6.45, 7) is 1.91. The third-order valence-corrected chi connectivity index (χ3v) is 5.90. The molecule has 6 atom stereocenters. The number of carbonyl (C=O) groups excluding carboxylic acids is 1. The highest BCUT2D eigenvalue weighted by atomic mass is 35.5. The Balaban J connectivity index is 1.62. The van der Waals surface area contributed by atoms with Crippen LogP contribution in [0.5, 0.6) is 0 Å². The molecule has 0 aromatic heterocycles. The molecule has 0 radical (unpaired) electrons. The number of hydrogen-bond acceptors (Lipinski definition) is 1. The Morgan fingerprint density at radius 3 is 2.82 bits per heavy atom. The second kappa shape index (κ2) is 4.46. The minimum atomic E-state index is -0.0461. The molecular weight excluding hydrogens is 234 g/mol. The van der Waals surface area contributed by atoms with Gasteiger partial charge in [-0.25, -0.2) is 0 Å². The van der Waals surface area contributed by atoms with E-state index in [1.54, 1.807) is 0 Å². The molecule has 96 valence electrons. The molecular formula is C14H22ClNO. The summed E-state index contributed by atoms with van der Waals surface area (Å²) in [5, 5.41) is 3.25. The van der Waals surface area contributed by atoms with E-state index in [1.165, 1.54) is 32.1 Å². The van der Waals surface area contributed by atoms with E-state index >= 15 is 0 Å². The summed E-state index contributed by atoms with van der Waals surface area (Å²) in [7, 11) is 0. The quantitative estimate of drug-likeness (QED) is 0.772. The number of fused-ring (bicyclic) bond motifs is 5. The molecule has 3 aliphatic carbocycles. The van der Waals surface area contributed by atoms with Gasteiger partial charge in [0.1, 0.15) is 0 Å². The summed E-state index contributed by atoms with van der Waals surface area (Å²) in [6.07, 6.45) is 6.87. The second-order valence-electron chi connectivity index (χ2n) is 6.32. The summed E-state index contributed by atoms with van der Waals surface area (Å²) in [5.41, 5.74) is 0. The van der Waals surface area contributed by atoms with Gasteiger partial charge in [0.2, 0.25) is 5.91 Å².